The molecule has 0 radical (unpaired) electrons. The van der Waals surface area contributed by atoms with Crippen LogP contribution in [0.15, 0.2) is 5.16 Å². The number of morpholine rings is 1. The molecule has 0 aromatic heterocycles. The van der Waals surface area contributed by atoms with Gasteiger partial charge in [-0.15, -0.1) is 0 Å². The molecular weight excluding hydrogens is 220 g/mol. The van der Waals surface area contributed by atoms with Gasteiger partial charge in [-0.1, -0.05) is 12.1 Å². The van der Waals surface area contributed by atoms with E-state index in [9.17, 15) is 0 Å². The predicted octanol–water partition coefficient (Wildman–Crippen LogP) is -0.226. The molecule has 0 spiro atoms. The standard InChI is InChI=1S/C11H24N4O2/c1-4-15-5-6-17-10(8-15)7-14(3)9(2)11(12)13-16/h9-10,16H,4-8H2,1-3H3,(H2,12,13). The fourth-order valence-electron chi connectivity index (χ4n) is 1.97. The average Bonchev–Trinajstić information content (AvgIpc) is 2.37. The first-order valence-electron chi connectivity index (χ1n) is 6.10. The summed E-state index contributed by atoms with van der Waals surface area (Å²) >= 11 is 0. The zero-order valence-electron chi connectivity index (χ0n) is 11.0. The smallest absolute Gasteiger partial charge is 0.156 e. The van der Waals surface area contributed by atoms with Gasteiger partial charge in [-0.2, -0.15) is 0 Å². The van der Waals surface area contributed by atoms with Crippen molar-refractivity contribution in [2.45, 2.75) is 26.0 Å². The molecule has 6 heteroatoms. The van der Waals surface area contributed by atoms with E-state index >= 15 is 0 Å². The van der Waals surface area contributed by atoms with E-state index in [0.717, 1.165) is 32.8 Å². The zero-order valence-corrected chi connectivity index (χ0v) is 11.0. The maximum atomic E-state index is 8.64. The van der Waals surface area contributed by atoms with Gasteiger partial charge in [0.05, 0.1) is 18.8 Å². The van der Waals surface area contributed by atoms with Gasteiger partial charge < -0.3 is 15.7 Å². The molecule has 100 valence electrons. The van der Waals surface area contributed by atoms with Crippen molar-refractivity contribution in [3.63, 3.8) is 0 Å². The zero-order chi connectivity index (χ0) is 12.8. The third-order valence-corrected chi connectivity index (χ3v) is 3.37. The summed E-state index contributed by atoms with van der Waals surface area (Å²) in [4.78, 5) is 4.41. The normalized spacial score (nSPS) is 25.2. The summed E-state index contributed by atoms with van der Waals surface area (Å²) in [6, 6.07) is -0.0828. The number of likely N-dealkylation sites (N-methyl/N-ethyl adjacent to an activating group) is 2. The van der Waals surface area contributed by atoms with Crippen molar-refractivity contribution in [1.29, 1.82) is 0 Å². The largest absolute Gasteiger partial charge is 0.409 e. The number of ether oxygens (including phenoxy) is 1. The Morgan fingerprint density at radius 1 is 1.71 bits per heavy atom. The molecule has 2 atom stereocenters. The highest BCUT2D eigenvalue weighted by Gasteiger charge is 2.23. The first-order valence-corrected chi connectivity index (χ1v) is 6.10. The summed E-state index contributed by atoms with van der Waals surface area (Å²) in [6.07, 6.45) is 0.197. The Labute approximate surface area is 103 Å². The fourth-order valence-corrected chi connectivity index (χ4v) is 1.97. The van der Waals surface area contributed by atoms with E-state index in [-0.39, 0.29) is 18.0 Å². The van der Waals surface area contributed by atoms with Crippen molar-refractivity contribution in [1.82, 2.24) is 9.80 Å². The number of nitrogens with two attached hydrogens (primary N) is 1. The van der Waals surface area contributed by atoms with E-state index < -0.39 is 0 Å². The first kappa shape index (κ1) is 14.2. The van der Waals surface area contributed by atoms with Gasteiger partial charge in [0.1, 0.15) is 0 Å². The lowest BCUT2D eigenvalue weighted by Gasteiger charge is -2.35. The van der Waals surface area contributed by atoms with E-state index in [0.29, 0.717) is 0 Å². The van der Waals surface area contributed by atoms with Crippen LogP contribution in [0.5, 0.6) is 0 Å². The summed E-state index contributed by atoms with van der Waals surface area (Å²) in [5.74, 6) is 0.232. The Hall–Kier alpha value is -0.850. The molecule has 3 N–H and O–H groups in total. The van der Waals surface area contributed by atoms with Gasteiger partial charge in [0.2, 0.25) is 0 Å². The van der Waals surface area contributed by atoms with E-state index in [1.807, 2.05) is 18.9 Å². The molecule has 17 heavy (non-hydrogen) atoms. The molecule has 0 aromatic rings. The number of amidine groups is 1. The predicted molar refractivity (Wildman–Crippen MR) is 67.4 cm³/mol. The van der Waals surface area contributed by atoms with Crippen LogP contribution < -0.4 is 5.73 Å². The van der Waals surface area contributed by atoms with Crippen LogP contribution in [0, 0.1) is 0 Å². The average molecular weight is 244 g/mol. The molecule has 1 rings (SSSR count). The molecule has 0 saturated carbocycles. The maximum absolute atomic E-state index is 8.64. The van der Waals surface area contributed by atoms with Crippen LogP contribution in [-0.4, -0.2) is 72.8 Å². The molecule has 1 heterocycles. The van der Waals surface area contributed by atoms with Crippen LogP contribution in [0.1, 0.15) is 13.8 Å². The molecule has 1 fully saturated rings. The molecule has 6 nitrogen and oxygen atoms in total. The maximum Gasteiger partial charge on any atom is 0.156 e. The third kappa shape index (κ3) is 4.14. The second kappa shape index (κ2) is 6.78. The van der Waals surface area contributed by atoms with Crippen molar-refractivity contribution < 1.29 is 9.94 Å². The third-order valence-electron chi connectivity index (χ3n) is 3.37. The SMILES string of the molecule is CCN1CCOC(CN(C)C(C)C(N)=NO)C1. The highest BCUT2D eigenvalue weighted by molar-refractivity contribution is 5.84. The Kier molecular flexibility index (Phi) is 5.67. The summed E-state index contributed by atoms with van der Waals surface area (Å²) in [5, 5.41) is 11.7. The Morgan fingerprint density at radius 2 is 2.41 bits per heavy atom. The Bertz CT molecular complexity index is 260. The Morgan fingerprint density at radius 3 is 3.00 bits per heavy atom. The topological polar surface area (TPSA) is 74.3 Å². The van der Waals surface area contributed by atoms with Crippen LogP contribution in [0.3, 0.4) is 0 Å². The fraction of sp³-hybridized carbons (Fsp3) is 0.909. The summed E-state index contributed by atoms with van der Waals surface area (Å²) in [7, 11) is 1.96. The summed E-state index contributed by atoms with van der Waals surface area (Å²) in [5.41, 5.74) is 5.58. The van der Waals surface area contributed by atoms with Gasteiger partial charge in [-0.3, -0.25) is 9.80 Å². The number of oxime groups is 1. The van der Waals surface area contributed by atoms with Crippen LogP contribution in [-0.2, 0) is 4.74 Å². The summed E-state index contributed by atoms with van der Waals surface area (Å²) in [6.45, 7) is 8.65. The monoisotopic (exact) mass is 244 g/mol. The van der Waals surface area contributed by atoms with Crippen LogP contribution >= 0.6 is 0 Å². The number of hydrogen-bond donors (Lipinski definition) is 2. The van der Waals surface area contributed by atoms with Crippen LogP contribution in [0.25, 0.3) is 0 Å². The van der Waals surface area contributed by atoms with Crippen molar-refractivity contribution in [2.24, 2.45) is 10.9 Å². The minimum atomic E-state index is -0.0828. The van der Waals surface area contributed by atoms with Gasteiger partial charge in [-0.05, 0) is 20.5 Å². The number of rotatable bonds is 5. The Balaban J connectivity index is 2.42. The van der Waals surface area contributed by atoms with Crippen LogP contribution in [0.4, 0.5) is 0 Å². The van der Waals surface area contributed by atoms with Gasteiger partial charge in [0, 0.05) is 19.6 Å². The second-order valence-corrected chi connectivity index (χ2v) is 4.53. The van der Waals surface area contributed by atoms with Gasteiger partial charge in [0.25, 0.3) is 0 Å². The van der Waals surface area contributed by atoms with E-state index in [2.05, 4.69) is 17.0 Å². The highest BCUT2D eigenvalue weighted by Crippen LogP contribution is 2.07. The molecule has 0 amide bonds. The molecule has 0 aromatic carbocycles. The van der Waals surface area contributed by atoms with E-state index in [4.69, 9.17) is 15.7 Å². The van der Waals surface area contributed by atoms with Crippen molar-refractivity contribution >= 4 is 5.84 Å². The van der Waals surface area contributed by atoms with E-state index in [1.54, 1.807) is 0 Å². The van der Waals surface area contributed by atoms with Crippen LogP contribution in [0.2, 0.25) is 0 Å². The first-order chi connectivity index (χ1) is 8.08. The highest BCUT2D eigenvalue weighted by atomic mass is 16.5. The lowest BCUT2D eigenvalue weighted by atomic mass is 10.2. The lowest BCUT2D eigenvalue weighted by Crippen LogP contribution is -2.50. The van der Waals surface area contributed by atoms with E-state index in [1.165, 1.54) is 0 Å². The van der Waals surface area contributed by atoms with Gasteiger partial charge in [-0.25, -0.2) is 0 Å². The van der Waals surface area contributed by atoms with Crippen molar-refractivity contribution in [3.8, 4) is 0 Å². The molecule has 0 bridgehead atoms. The molecule has 1 aliphatic rings. The summed E-state index contributed by atoms with van der Waals surface area (Å²) < 4.78 is 5.72. The van der Waals surface area contributed by atoms with Gasteiger partial charge >= 0.3 is 0 Å². The molecular formula is C11H24N4O2. The quantitative estimate of drug-likeness (QED) is 0.302. The van der Waals surface area contributed by atoms with Crippen molar-refractivity contribution in [2.75, 3.05) is 39.8 Å². The number of nitrogens with zero attached hydrogens (tertiary/aromatic N) is 3. The van der Waals surface area contributed by atoms with Gasteiger partial charge in [0.15, 0.2) is 5.84 Å². The number of hydrogen-bond acceptors (Lipinski definition) is 5. The molecule has 1 saturated heterocycles. The van der Waals surface area contributed by atoms with Crippen molar-refractivity contribution in [3.05, 3.63) is 0 Å². The molecule has 2 unspecified atom stereocenters. The minimum absolute atomic E-state index is 0.0828. The molecule has 0 aliphatic carbocycles. The minimum Gasteiger partial charge on any atom is -0.409 e. The second-order valence-electron chi connectivity index (χ2n) is 4.53. The molecule has 1 aliphatic heterocycles. The lowest BCUT2D eigenvalue weighted by molar-refractivity contribution is -0.0403.